The van der Waals surface area contributed by atoms with Crippen LogP contribution in [-0.4, -0.2) is 28.5 Å². The fourth-order valence-corrected chi connectivity index (χ4v) is 2.65. The topological polar surface area (TPSA) is 49.0 Å². The molecule has 23 heavy (non-hydrogen) atoms. The number of hydrogen-bond acceptors (Lipinski definition) is 3. The molecule has 0 spiro atoms. The number of nitrogens with zero attached hydrogens (tertiary/aromatic N) is 2. The smallest absolute Gasteiger partial charge is 0.258 e. The highest BCUT2D eigenvalue weighted by Gasteiger charge is 2.15. The van der Waals surface area contributed by atoms with Gasteiger partial charge in [0.2, 0.25) is 0 Å². The number of rotatable bonds is 5. The maximum Gasteiger partial charge on any atom is 0.258 e. The molecule has 3 aromatic rings. The van der Waals surface area contributed by atoms with Gasteiger partial charge in [-0.25, -0.2) is 4.98 Å². The van der Waals surface area contributed by atoms with Crippen LogP contribution in [0.5, 0.6) is 0 Å². The minimum atomic E-state index is -0.0751. The molecule has 1 aromatic heterocycles. The summed E-state index contributed by atoms with van der Waals surface area (Å²) in [5, 5.41) is 0.635. The number of hydrogen-bond donors (Lipinski definition) is 1. The van der Waals surface area contributed by atoms with Crippen molar-refractivity contribution in [3.63, 3.8) is 0 Å². The van der Waals surface area contributed by atoms with Gasteiger partial charge in [0.25, 0.3) is 5.56 Å². The van der Waals surface area contributed by atoms with E-state index in [1.165, 1.54) is 5.56 Å². The van der Waals surface area contributed by atoms with Crippen LogP contribution in [0.3, 0.4) is 0 Å². The molecule has 0 aliphatic carbocycles. The van der Waals surface area contributed by atoms with Crippen molar-refractivity contribution in [3.8, 4) is 0 Å². The van der Waals surface area contributed by atoms with Crippen molar-refractivity contribution in [3.05, 3.63) is 76.3 Å². The summed E-state index contributed by atoms with van der Waals surface area (Å²) in [7, 11) is 2.06. The Morgan fingerprint density at radius 3 is 2.57 bits per heavy atom. The molecule has 2 aromatic carbocycles. The van der Waals surface area contributed by atoms with E-state index in [1.807, 2.05) is 24.3 Å². The summed E-state index contributed by atoms with van der Waals surface area (Å²) in [6.45, 7) is 2.97. The fraction of sp³-hybridized carbons (Fsp3) is 0.263. The molecule has 4 nitrogen and oxygen atoms in total. The van der Waals surface area contributed by atoms with Gasteiger partial charge in [0.1, 0.15) is 5.82 Å². The Hall–Kier alpha value is -2.46. The number of para-hydroxylation sites is 1. The molecule has 0 saturated carbocycles. The Bertz CT molecular complexity index is 842. The van der Waals surface area contributed by atoms with E-state index in [2.05, 4.69) is 53.1 Å². The summed E-state index contributed by atoms with van der Waals surface area (Å²) in [6, 6.07) is 17.9. The third kappa shape index (κ3) is 3.48. The Labute approximate surface area is 135 Å². The first kappa shape index (κ1) is 15.4. The predicted molar refractivity (Wildman–Crippen MR) is 93.6 cm³/mol. The summed E-state index contributed by atoms with van der Waals surface area (Å²) >= 11 is 0. The number of aromatic nitrogens is 2. The van der Waals surface area contributed by atoms with Crippen LogP contribution >= 0.6 is 0 Å². The van der Waals surface area contributed by atoms with Crippen molar-refractivity contribution in [1.82, 2.24) is 14.9 Å². The summed E-state index contributed by atoms with van der Waals surface area (Å²) < 4.78 is 0. The summed E-state index contributed by atoms with van der Waals surface area (Å²) in [5.41, 5.74) is 1.98. The van der Waals surface area contributed by atoms with Crippen LogP contribution in [0.4, 0.5) is 0 Å². The van der Waals surface area contributed by atoms with E-state index in [1.54, 1.807) is 6.07 Å². The van der Waals surface area contributed by atoms with Crippen LogP contribution in [0.25, 0.3) is 10.9 Å². The molecular formula is C19H21N3O. The first-order valence-electron chi connectivity index (χ1n) is 7.88. The highest BCUT2D eigenvalue weighted by atomic mass is 16.1. The van der Waals surface area contributed by atoms with E-state index in [0.29, 0.717) is 11.2 Å². The second kappa shape index (κ2) is 6.75. The summed E-state index contributed by atoms with van der Waals surface area (Å²) in [6.07, 6.45) is 0.972. The molecule has 3 rings (SSSR count). The van der Waals surface area contributed by atoms with E-state index < -0.39 is 0 Å². The van der Waals surface area contributed by atoms with Gasteiger partial charge in [-0.2, -0.15) is 0 Å². The minimum Gasteiger partial charge on any atom is -0.309 e. The maximum atomic E-state index is 12.2. The molecule has 0 saturated heterocycles. The maximum absolute atomic E-state index is 12.2. The van der Waals surface area contributed by atoms with Gasteiger partial charge in [-0.15, -0.1) is 0 Å². The van der Waals surface area contributed by atoms with Gasteiger partial charge in [0, 0.05) is 6.54 Å². The Balaban J connectivity index is 1.77. The monoisotopic (exact) mass is 307 g/mol. The van der Waals surface area contributed by atoms with E-state index in [9.17, 15) is 4.79 Å². The van der Waals surface area contributed by atoms with E-state index in [0.717, 1.165) is 18.5 Å². The van der Waals surface area contributed by atoms with Crippen LogP contribution in [0.15, 0.2) is 59.4 Å². The molecule has 0 radical (unpaired) electrons. The van der Waals surface area contributed by atoms with Crippen molar-refractivity contribution in [2.75, 3.05) is 13.6 Å². The van der Waals surface area contributed by atoms with Gasteiger partial charge in [-0.3, -0.25) is 9.69 Å². The number of H-pyrrole nitrogens is 1. The number of nitrogens with one attached hydrogen (secondary N) is 1. The lowest BCUT2D eigenvalue weighted by molar-refractivity contribution is 0.255. The van der Waals surface area contributed by atoms with Crippen LogP contribution in [-0.2, 0) is 6.42 Å². The zero-order chi connectivity index (χ0) is 16.2. The van der Waals surface area contributed by atoms with Gasteiger partial charge in [0.15, 0.2) is 0 Å². The second-order valence-corrected chi connectivity index (χ2v) is 5.86. The van der Waals surface area contributed by atoms with Gasteiger partial charge < -0.3 is 4.98 Å². The average molecular weight is 307 g/mol. The molecule has 1 N–H and O–H groups in total. The van der Waals surface area contributed by atoms with E-state index in [-0.39, 0.29) is 11.6 Å². The van der Waals surface area contributed by atoms with Gasteiger partial charge in [0.05, 0.1) is 16.9 Å². The van der Waals surface area contributed by atoms with Crippen molar-refractivity contribution < 1.29 is 0 Å². The number of fused-ring (bicyclic) bond motifs is 1. The molecule has 0 bridgehead atoms. The van der Waals surface area contributed by atoms with Gasteiger partial charge in [-0.05, 0) is 38.1 Å². The molecular weight excluding hydrogens is 286 g/mol. The zero-order valence-corrected chi connectivity index (χ0v) is 13.5. The largest absolute Gasteiger partial charge is 0.309 e. The first-order valence-corrected chi connectivity index (χ1v) is 7.88. The van der Waals surface area contributed by atoms with Crippen molar-refractivity contribution in [2.24, 2.45) is 0 Å². The third-order valence-electron chi connectivity index (χ3n) is 4.28. The second-order valence-electron chi connectivity index (χ2n) is 5.86. The van der Waals surface area contributed by atoms with Crippen LogP contribution in [0, 0.1) is 0 Å². The Kier molecular flexibility index (Phi) is 4.53. The first-order chi connectivity index (χ1) is 11.1. The van der Waals surface area contributed by atoms with Gasteiger partial charge >= 0.3 is 0 Å². The van der Waals surface area contributed by atoms with E-state index in [4.69, 9.17) is 0 Å². The molecule has 0 aliphatic rings. The molecule has 1 atom stereocenters. The van der Waals surface area contributed by atoms with Crippen LogP contribution < -0.4 is 5.56 Å². The minimum absolute atomic E-state index is 0.0519. The normalized spacial score (nSPS) is 12.7. The summed E-state index contributed by atoms with van der Waals surface area (Å²) in [4.78, 5) is 21.9. The van der Waals surface area contributed by atoms with Crippen molar-refractivity contribution in [2.45, 2.75) is 19.4 Å². The number of aromatic amines is 1. The highest BCUT2D eigenvalue weighted by molar-refractivity contribution is 5.77. The Morgan fingerprint density at radius 2 is 1.78 bits per heavy atom. The molecule has 0 amide bonds. The predicted octanol–water partition coefficient (Wildman–Crippen LogP) is 3.16. The lowest BCUT2D eigenvalue weighted by Crippen LogP contribution is -2.28. The highest BCUT2D eigenvalue weighted by Crippen LogP contribution is 2.16. The van der Waals surface area contributed by atoms with Gasteiger partial charge in [-0.1, -0.05) is 42.5 Å². The quantitative estimate of drug-likeness (QED) is 0.787. The molecule has 118 valence electrons. The summed E-state index contributed by atoms with van der Waals surface area (Å²) in [5.74, 6) is 0.712. The molecule has 0 unspecified atom stereocenters. The number of benzene rings is 2. The van der Waals surface area contributed by atoms with Crippen molar-refractivity contribution in [1.29, 1.82) is 0 Å². The van der Waals surface area contributed by atoms with Crippen LogP contribution in [0.1, 0.15) is 24.4 Å². The fourth-order valence-electron chi connectivity index (χ4n) is 2.65. The molecule has 4 heteroatoms. The lowest BCUT2D eigenvalue weighted by Gasteiger charge is -2.24. The Morgan fingerprint density at radius 1 is 1.09 bits per heavy atom. The SMILES string of the molecule is C[C@@H](c1nc2ccccc2c(=O)[nH]1)N(C)CCc1ccccc1. The van der Waals surface area contributed by atoms with Crippen molar-refractivity contribution >= 4 is 10.9 Å². The third-order valence-corrected chi connectivity index (χ3v) is 4.28. The average Bonchev–Trinajstić information content (AvgIpc) is 2.60. The molecule has 0 fully saturated rings. The molecule has 1 heterocycles. The zero-order valence-electron chi connectivity index (χ0n) is 13.5. The van der Waals surface area contributed by atoms with E-state index >= 15 is 0 Å². The van der Waals surface area contributed by atoms with Crippen LogP contribution in [0.2, 0.25) is 0 Å². The standard InChI is InChI=1S/C19H21N3O/c1-14(22(2)13-12-15-8-4-3-5-9-15)18-20-17-11-7-6-10-16(17)19(23)21-18/h3-11,14H,12-13H2,1-2H3,(H,20,21,23)/t14-/m0/s1. The lowest BCUT2D eigenvalue weighted by atomic mass is 10.1. The number of likely N-dealkylation sites (N-methyl/N-ethyl adjacent to an activating group) is 1. The molecule has 0 aliphatic heterocycles.